The van der Waals surface area contributed by atoms with Crippen LogP contribution in [0.2, 0.25) is 0 Å². The summed E-state index contributed by atoms with van der Waals surface area (Å²) in [4.78, 5) is 0. The van der Waals surface area contributed by atoms with Gasteiger partial charge in [0, 0.05) is 5.92 Å². The van der Waals surface area contributed by atoms with Crippen LogP contribution in [-0.2, 0) is 0 Å². The van der Waals surface area contributed by atoms with Crippen LogP contribution >= 0.6 is 0 Å². The molecule has 122 valence electrons. The van der Waals surface area contributed by atoms with Crippen molar-refractivity contribution in [2.75, 3.05) is 0 Å². The van der Waals surface area contributed by atoms with Crippen LogP contribution < -0.4 is 0 Å². The van der Waals surface area contributed by atoms with Crippen molar-refractivity contribution in [2.45, 2.75) is 12.0 Å². The Kier molecular flexibility index (Phi) is 4.32. The predicted molar refractivity (Wildman–Crippen MR) is 105 cm³/mol. The van der Waals surface area contributed by atoms with Gasteiger partial charge in [0.25, 0.3) is 0 Å². The Hall–Kier alpha value is -2.90. The third-order valence-corrected chi connectivity index (χ3v) is 4.73. The van der Waals surface area contributed by atoms with Crippen molar-refractivity contribution in [3.05, 3.63) is 113 Å². The molecule has 1 heteroatoms. The Labute approximate surface area is 148 Å². The summed E-state index contributed by atoms with van der Waals surface area (Å²) < 4.78 is 0. The van der Waals surface area contributed by atoms with Gasteiger partial charge in [0.15, 0.2) is 0 Å². The van der Waals surface area contributed by atoms with Crippen molar-refractivity contribution in [1.29, 1.82) is 0 Å². The second kappa shape index (κ2) is 6.92. The SMILES string of the molecule is OC1c2ccccc2C=CC1c1ccc(C=Cc2ccccc2)cc1. The quantitative estimate of drug-likeness (QED) is 0.613. The van der Waals surface area contributed by atoms with Gasteiger partial charge < -0.3 is 5.11 Å². The first kappa shape index (κ1) is 15.6. The normalized spacial score (nSPS) is 19.1. The molecule has 4 rings (SSSR count). The smallest absolute Gasteiger partial charge is 0.0899 e. The third-order valence-electron chi connectivity index (χ3n) is 4.73. The fraction of sp³-hybridized carbons (Fsp3) is 0.0833. The fourth-order valence-electron chi connectivity index (χ4n) is 3.32. The molecule has 0 amide bonds. The molecule has 3 aromatic carbocycles. The Bertz CT molecular complexity index is 904. The van der Waals surface area contributed by atoms with E-state index in [0.29, 0.717) is 0 Å². The van der Waals surface area contributed by atoms with Crippen LogP contribution in [0.15, 0.2) is 84.9 Å². The van der Waals surface area contributed by atoms with Gasteiger partial charge in [0.2, 0.25) is 0 Å². The largest absolute Gasteiger partial charge is 0.387 e. The van der Waals surface area contributed by atoms with E-state index in [-0.39, 0.29) is 5.92 Å². The van der Waals surface area contributed by atoms with Gasteiger partial charge in [-0.1, -0.05) is 103 Å². The predicted octanol–water partition coefficient (Wildman–Crippen LogP) is 5.70. The third kappa shape index (κ3) is 3.33. The minimum atomic E-state index is -0.494. The molecule has 0 spiro atoms. The summed E-state index contributed by atoms with van der Waals surface area (Å²) in [6, 6.07) is 26.7. The molecule has 1 aliphatic carbocycles. The molecule has 0 fully saturated rings. The summed E-state index contributed by atoms with van der Waals surface area (Å²) in [5.74, 6) is 0.00190. The van der Waals surface area contributed by atoms with Crippen molar-refractivity contribution in [2.24, 2.45) is 0 Å². The number of aliphatic hydroxyl groups is 1. The lowest BCUT2D eigenvalue weighted by Crippen LogP contribution is -2.13. The van der Waals surface area contributed by atoms with Gasteiger partial charge in [0.1, 0.15) is 0 Å². The second-order valence-corrected chi connectivity index (χ2v) is 6.37. The van der Waals surface area contributed by atoms with Gasteiger partial charge >= 0.3 is 0 Å². The topological polar surface area (TPSA) is 20.2 Å². The van der Waals surface area contributed by atoms with Gasteiger partial charge in [-0.2, -0.15) is 0 Å². The zero-order valence-corrected chi connectivity index (χ0v) is 13.9. The molecule has 3 aromatic rings. The van der Waals surface area contributed by atoms with Crippen LogP contribution in [0.1, 0.15) is 39.8 Å². The van der Waals surface area contributed by atoms with Crippen molar-refractivity contribution < 1.29 is 5.11 Å². The maximum atomic E-state index is 10.7. The van der Waals surface area contributed by atoms with E-state index in [1.165, 1.54) is 5.56 Å². The van der Waals surface area contributed by atoms with Gasteiger partial charge in [-0.25, -0.2) is 0 Å². The molecule has 1 N–H and O–H groups in total. The fourth-order valence-corrected chi connectivity index (χ4v) is 3.32. The molecule has 0 saturated carbocycles. The van der Waals surface area contributed by atoms with Crippen LogP contribution in [0.4, 0.5) is 0 Å². The molecule has 25 heavy (non-hydrogen) atoms. The van der Waals surface area contributed by atoms with E-state index in [9.17, 15) is 5.11 Å². The van der Waals surface area contributed by atoms with Crippen molar-refractivity contribution >= 4 is 18.2 Å². The molecule has 2 atom stereocenters. The van der Waals surface area contributed by atoms with Gasteiger partial charge in [-0.05, 0) is 27.8 Å². The van der Waals surface area contributed by atoms with Gasteiger partial charge in [-0.15, -0.1) is 0 Å². The number of hydrogen-bond donors (Lipinski definition) is 1. The average Bonchev–Trinajstić information content (AvgIpc) is 2.68. The van der Waals surface area contributed by atoms with Gasteiger partial charge in [-0.3, -0.25) is 0 Å². The summed E-state index contributed by atoms with van der Waals surface area (Å²) in [5.41, 5.74) is 5.59. The van der Waals surface area contributed by atoms with Crippen LogP contribution in [0.5, 0.6) is 0 Å². The Morgan fingerprint density at radius 2 is 1.32 bits per heavy atom. The van der Waals surface area contributed by atoms with Crippen molar-refractivity contribution in [3.63, 3.8) is 0 Å². The molecule has 1 aliphatic rings. The van der Waals surface area contributed by atoms with Crippen LogP contribution in [0.3, 0.4) is 0 Å². The minimum absolute atomic E-state index is 0.00190. The van der Waals surface area contributed by atoms with Crippen LogP contribution in [0, 0.1) is 0 Å². The molecule has 0 radical (unpaired) electrons. The number of fused-ring (bicyclic) bond motifs is 1. The second-order valence-electron chi connectivity index (χ2n) is 6.37. The molecule has 2 unspecified atom stereocenters. The van der Waals surface area contributed by atoms with Crippen LogP contribution in [-0.4, -0.2) is 5.11 Å². The van der Waals surface area contributed by atoms with E-state index in [0.717, 1.165) is 22.3 Å². The van der Waals surface area contributed by atoms with Gasteiger partial charge in [0.05, 0.1) is 6.10 Å². The zero-order chi connectivity index (χ0) is 17.1. The average molecular weight is 324 g/mol. The van der Waals surface area contributed by atoms with E-state index in [1.807, 2.05) is 42.5 Å². The first-order valence-corrected chi connectivity index (χ1v) is 8.59. The molecule has 0 bridgehead atoms. The summed E-state index contributed by atoms with van der Waals surface area (Å²) in [5, 5.41) is 10.7. The van der Waals surface area contributed by atoms with E-state index in [4.69, 9.17) is 0 Å². The lowest BCUT2D eigenvalue weighted by atomic mass is 9.82. The standard InChI is InChI=1S/C24H20O/c25-24-22-9-5-4-8-20(22)16-17-23(24)21-14-12-19(13-15-21)11-10-18-6-2-1-3-7-18/h1-17,23-25H. The van der Waals surface area contributed by atoms with E-state index in [2.05, 4.69) is 60.7 Å². The number of benzene rings is 3. The number of rotatable bonds is 3. The molecule has 0 heterocycles. The highest BCUT2D eigenvalue weighted by Crippen LogP contribution is 2.38. The Balaban J connectivity index is 1.54. The highest BCUT2D eigenvalue weighted by molar-refractivity contribution is 5.69. The zero-order valence-electron chi connectivity index (χ0n) is 13.9. The summed E-state index contributed by atoms with van der Waals surface area (Å²) >= 11 is 0. The summed E-state index contributed by atoms with van der Waals surface area (Å²) in [7, 11) is 0. The van der Waals surface area contributed by atoms with Crippen LogP contribution in [0.25, 0.3) is 18.2 Å². The number of aliphatic hydroxyl groups excluding tert-OH is 1. The van der Waals surface area contributed by atoms with E-state index in [1.54, 1.807) is 0 Å². The highest BCUT2D eigenvalue weighted by atomic mass is 16.3. The maximum absolute atomic E-state index is 10.7. The van der Waals surface area contributed by atoms with E-state index >= 15 is 0 Å². The molecule has 1 nitrogen and oxygen atoms in total. The number of hydrogen-bond acceptors (Lipinski definition) is 1. The summed E-state index contributed by atoms with van der Waals surface area (Å²) in [6.07, 6.45) is 7.94. The molecular formula is C24H20O. The maximum Gasteiger partial charge on any atom is 0.0899 e. The summed E-state index contributed by atoms with van der Waals surface area (Å²) in [6.45, 7) is 0. The first-order valence-electron chi connectivity index (χ1n) is 8.59. The molecule has 0 aliphatic heterocycles. The first-order chi connectivity index (χ1) is 12.3. The highest BCUT2D eigenvalue weighted by Gasteiger charge is 2.25. The van der Waals surface area contributed by atoms with E-state index < -0.39 is 6.10 Å². The Morgan fingerprint density at radius 1 is 0.680 bits per heavy atom. The molecule has 0 aromatic heterocycles. The molecular weight excluding hydrogens is 304 g/mol. The van der Waals surface area contributed by atoms with Crippen molar-refractivity contribution in [3.8, 4) is 0 Å². The minimum Gasteiger partial charge on any atom is -0.387 e. The molecule has 0 saturated heterocycles. The lowest BCUT2D eigenvalue weighted by Gasteiger charge is -2.26. The Morgan fingerprint density at radius 3 is 2.08 bits per heavy atom. The van der Waals surface area contributed by atoms with Crippen molar-refractivity contribution in [1.82, 2.24) is 0 Å². The lowest BCUT2D eigenvalue weighted by molar-refractivity contribution is 0.160. The monoisotopic (exact) mass is 324 g/mol.